The first-order valence-corrected chi connectivity index (χ1v) is 8.91. The van der Waals surface area contributed by atoms with E-state index in [0.29, 0.717) is 17.3 Å². The number of rotatable bonds is 6. The first-order valence-electron chi connectivity index (χ1n) is 7.74. The van der Waals surface area contributed by atoms with Crippen molar-refractivity contribution in [1.82, 2.24) is 0 Å². The smallest absolute Gasteiger partial charge is 0.264 e. The maximum atomic E-state index is 12.7. The first-order chi connectivity index (χ1) is 11.9. The lowest BCUT2D eigenvalue weighted by Gasteiger charge is -2.23. The summed E-state index contributed by atoms with van der Waals surface area (Å²) in [7, 11) is 0. The van der Waals surface area contributed by atoms with Gasteiger partial charge in [-0.25, -0.2) is 0 Å². The maximum absolute atomic E-state index is 12.7. The number of halogens is 2. The predicted molar refractivity (Wildman–Crippen MR) is 103 cm³/mol. The molecule has 0 spiro atoms. The summed E-state index contributed by atoms with van der Waals surface area (Å²) in [5.74, 6) is 0.220. The highest BCUT2D eigenvalue weighted by molar-refractivity contribution is 9.10. The number of carbonyl (C=O) groups excluding carboxylic acids is 1. The number of aryl methyl sites for hydroxylation is 2. The molecule has 0 atom stereocenters. The topological polar surface area (TPSA) is 53.3 Å². The zero-order valence-electron chi connectivity index (χ0n) is 14.1. The molecule has 0 aromatic heterocycles. The second-order valence-electron chi connectivity index (χ2n) is 5.66. The molecule has 0 aliphatic rings. The predicted octanol–water partition coefficient (Wildman–Crippen LogP) is 5.05. The van der Waals surface area contributed by atoms with Crippen LogP contribution in [0.2, 0.25) is 5.02 Å². The fraction of sp³-hybridized carbons (Fsp3) is 0.263. The summed E-state index contributed by atoms with van der Waals surface area (Å²) < 4.78 is 6.40. The summed E-state index contributed by atoms with van der Waals surface area (Å²) in [4.78, 5) is 14.2. The van der Waals surface area contributed by atoms with Crippen LogP contribution in [0.3, 0.4) is 0 Å². The van der Waals surface area contributed by atoms with Crippen LogP contribution < -0.4 is 9.64 Å². The Labute approximate surface area is 161 Å². The highest BCUT2D eigenvalue weighted by Gasteiger charge is 2.17. The van der Waals surface area contributed by atoms with Crippen LogP contribution >= 0.6 is 27.5 Å². The van der Waals surface area contributed by atoms with Crippen LogP contribution in [-0.2, 0) is 4.79 Å². The normalized spacial score (nSPS) is 10.2. The Hall–Kier alpha value is -2.03. The maximum Gasteiger partial charge on any atom is 0.264 e. The largest absolute Gasteiger partial charge is 0.482 e. The summed E-state index contributed by atoms with van der Waals surface area (Å²) in [5.41, 5.74) is 2.88. The van der Waals surface area contributed by atoms with E-state index in [-0.39, 0.29) is 18.9 Å². The molecule has 0 bridgehead atoms. The summed E-state index contributed by atoms with van der Waals surface area (Å²) in [6.45, 7) is 4.11. The summed E-state index contributed by atoms with van der Waals surface area (Å²) >= 11 is 9.44. The van der Waals surface area contributed by atoms with E-state index >= 15 is 0 Å². The lowest BCUT2D eigenvalue weighted by atomic mass is 10.1. The lowest BCUT2D eigenvalue weighted by Crippen LogP contribution is -2.35. The average molecular weight is 422 g/mol. The van der Waals surface area contributed by atoms with Crippen LogP contribution in [0.1, 0.15) is 17.5 Å². The first kappa shape index (κ1) is 19.3. The molecule has 130 valence electrons. The molecule has 0 N–H and O–H groups in total. The van der Waals surface area contributed by atoms with Crippen LogP contribution in [0.15, 0.2) is 40.9 Å². The second kappa shape index (κ2) is 8.89. The third-order valence-corrected chi connectivity index (χ3v) is 4.30. The van der Waals surface area contributed by atoms with Gasteiger partial charge in [-0.05, 0) is 55.3 Å². The van der Waals surface area contributed by atoms with Gasteiger partial charge in [0.05, 0.1) is 17.5 Å². The van der Waals surface area contributed by atoms with E-state index in [1.165, 1.54) is 0 Å². The van der Waals surface area contributed by atoms with Crippen molar-refractivity contribution in [3.63, 3.8) is 0 Å². The fourth-order valence-electron chi connectivity index (χ4n) is 2.48. The molecule has 6 heteroatoms. The molecule has 0 aliphatic heterocycles. The van der Waals surface area contributed by atoms with Gasteiger partial charge in [-0.3, -0.25) is 4.79 Å². The zero-order chi connectivity index (χ0) is 18.4. The van der Waals surface area contributed by atoms with Crippen molar-refractivity contribution in [3.8, 4) is 11.8 Å². The molecule has 0 unspecified atom stereocenters. The fourth-order valence-corrected chi connectivity index (χ4v) is 3.20. The van der Waals surface area contributed by atoms with Crippen molar-refractivity contribution in [2.75, 3.05) is 18.1 Å². The van der Waals surface area contributed by atoms with Crippen molar-refractivity contribution >= 4 is 39.1 Å². The molecule has 4 nitrogen and oxygen atoms in total. The molecule has 0 heterocycles. The number of hydrogen-bond acceptors (Lipinski definition) is 3. The van der Waals surface area contributed by atoms with Gasteiger partial charge in [0.2, 0.25) is 0 Å². The van der Waals surface area contributed by atoms with Crippen LogP contribution in [0.5, 0.6) is 5.75 Å². The molecule has 2 rings (SSSR count). The molecule has 0 saturated carbocycles. The van der Waals surface area contributed by atoms with Gasteiger partial charge in [-0.1, -0.05) is 33.6 Å². The van der Waals surface area contributed by atoms with Gasteiger partial charge in [0, 0.05) is 16.7 Å². The molecule has 25 heavy (non-hydrogen) atoms. The number of benzene rings is 2. The van der Waals surface area contributed by atoms with Crippen LogP contribution in [-0.4, -0.2) is 19.1 Å². The summed E-state index contributed by atoms with van der Waals surface area (Å²) in [6, 6.07) is 13.2. The number of hydrogen-bond donors (Lipinski definition) is 0. The number of amides is 1. The van der Waals surface area contributed by atoms with Crippen molar-refractivity contribution in [1.29, 1.82) is 5.26 Å². The van der Waals surface area contributed by atoms with Crippen LogP contribution in [0.25, 0.3) is 0 Å². The number of nitriles is 1. The molecule has 2 aromatic carbocycles. The quantitative estimate of drug-likeness (QED) is 0.656. The molecular formula is C19H18BrClN2O2. The van der Waals surface area contributed by atoms with E-state index in [2.05, 4.69) is 22.0 Å². The van der Waals surface area contributed by atoms with Gasteiger partial charge < -0.3 is 9.64 Å². The number of nitrogens with zero attached hydrogens (tertiary/aromatic N) is 2. The third kappa shape index (κ3) is 5.48. The van der Waals surface area contributed by atoms with E-state index in [4.69, 9.17) is 21.6 Å². The number of ether oxygens (including phenoxy) is 1. The third-order valence-electron chi connectivity index (χ3n) is 3.51. The minimum absolute atomic E-state index is 0.153. The van der Waals surface area contributed by atoms with Gasteiger partial charge in [0.15, 0.2) is 6.61 Å². The molecule has 0 fully saturated rings. The molecule has 1 amide bonds. The van der Waals surface area contributed by atoms with E-state index in [9.17, 15) is 4.79 Å². The molecule has 0 saturated heterocycles. The standard InChI is InChI=1S/C19H18BrClN2O2/c1-13-8-14(2)10-16(9-13)23(7-3-6-22)19(24)12-25-18-5-4-15(20)11-17(18)21/h4-5,8-11H,3,7,12H2,1-2H3. The lowest BCUT2D eigenvalue weighted by molar-refractivity contribution is -0.120. The molecule has 0 aliphatic carbocycles. The number of anilines is 1. The average Bonchev–Trinajstić information content (AvgIpc) is 2.53. The highest BCUT2D eigenvalue weighted by atomic mass is 79.9. The van der Waals surface area contributed by atoms with E-state index in [1.807, 2.05) is 32.0 Å². The molecule has 0 radical (unpaired) electrons. The second-order valence-corrected chi connectivity index (χ2v) is 6.99. The highest BCUT2D eigenvalue weighted by Crippen LogP contribution is 2.28. The van der Waals surface area contributed by atoms with Crippen LogP contribution in [0, 0.1) is 25.2 Å². The molecular weight excluding hydrogens is 404 g/mol. The molecule has 2 aromatic rings. The van der Waals surface area contributed by atoms with Gasteiger partial charge >= 0.3 is 0 Å². The zero-order valence-corrected chi connectivity index (χ0v) is 16.4. The van der Waals surface area contributed by atoms with E-state index in [1.54, 1.807) is 23.1 Å². The Kier molecular flexibility index (Phi) is 6.86. The summed E-state index contributed by atoms with van der Waals surface area (Å²) in [5, 5.41) is 9.31. The Morgan fingerprint density at radius 1 is 1.24 bits per heavy atom. The monoisotopic (exact) mass is 420 g/mol. The Morgan fingerprint density at radius 3 is 2.52 bits per heavy atom. The van der Waals surface area contributed by atoms with Crippen LogP contribution in [0.4, 0.5) is 5.69 Å². The van der Waals surface area contributed by atoms with E-state index < -0.39 is 0 Å². The minimum atomic E-state index is -0.223. The van der Waals surface area contributed by atoms with Crippen molar-refractivity contribution in [2.24, 2.45) is 0 Å². The SMILES string of the molecule is Cc1cc(C)cc(N(CCC#N)C(=O)COc2ccc(Br)cc2Cl)c1. The van der Waals surface area contributed by atoms with Crippen molar-refractivity contribution < 1.29 is 9.53 Å². The van der Waals surface area contributed by atoms with E-state index in [0.717, 1.165) is 21.3 Å². The Morgan fingerprint density at radius 2 is 1.92 bits per heavy atom. The van der Waals surface area contributed by atoms with Crippen molar-refractivity contribution in [3.05, 3.63) is 57.0 Å². The van der Waals surface area contributed by atoms with Gasteiger partial charge in [-0.15, -0.1) is 0 Å². The van der Waals surface area contributed by atoms with Gasteiger partial charge in [-0.2, -0.15) is 5.26 Å². The minimum Gasteiger partial charge on any atom is -0.482 e. The van der Waals surface area contributed by atoms with Gasteiger partial charge in [0.25, 0.3) is 5.91 Å². The summed E-state index contributed by atoms with van der Waals surface area (Å²) in [6.07, 6.45) is 0.248. The Balaban J connectivity index is 2.16. The number of carbonyl (C=O) groups is 1. The van der Waals surface area contributed by atoms with Crippen molar-refractivity contribution in [2.45, 2.75) is 20.3 Å². The Bertz CT molecular complexity index is 797. The van der Waals surface area contributed by atoms with Gasteiger partial charge in [0.1, 0.15) is 5.75 Å².